The average molecular weight is 429 g/mol. The highest BCUT2D eigenvalue weighted by Crippen LogP contribution is 2.24. The van der Waals surface area contributed by atoms with Crippen LogP contribution in [0.4, 0.5) is 15.8 Å². The molecule has 3 rings (SSSR count). The van der Waals surface area contributed by atoms with Crippen LogP contribution in [0.5, 0.6) is 0 Å². The molecular weight excluding hydrogens is 411 g/mol. The molecule has 0 atom stereocenters. The molecule has 7 heteroatoms. The Morgan fingerprint density at radius 3 is 2.34 bits per heavy atom. The van der Waals surface area contributed by atoms with Crippen molar-refractivity contribution in [3.05, 3.63) is 88.7 Å². The predicted molar refractivity (Wildman–Crippen MR) is 116 cm³/mol. The molecule has 148 valence electrons. The summed E-state index contributed by atoms with van der Waals surface area (Å²) in [6, 6.07) is 17.9. The van der Waals surface area contributed by atoms with Crippen molar-refractivity contribution in [3.63, 3.8) is 0 Å². The Labute approximate surface area is 177 Å². The van der Waals surface area contributed by atoms with E-state index in [-0.39, 0.29) is 17.6 Å². The van der Waals surface area contributed by atoms with Gasteiger partial charge in [0.25, 0.3) is 5.91 Å². The Bertz CT molecular complexity index is 1020. The number of carbonyl (C=O) groups is 2. The maximum absolute atomic E-state index is 12.9. The number of anilines is 2. The largest absolute Gasteiger partial charge is 0.325 e. The van der Waals surface area contributed by atoms with Gasteiger partial charge in [0.05, 0.1) is 5.75 Å². The van der Waals surface area contributed by atoms with Gasteiger partial charge in [0, 0.05) is 26.9 Å². The summed E-state index contributed by atoms with van der Waals surface area (Å²) in [5.41, 5.74) is 2.51. The van der Waals surface area contributed by atoms with E-state index in [9.17, 15) is 14.0 Å². The van der Waals surface area contributed by atoms with Crippen LogP contribution in [-0.2, 0) is 4.79 Å². The highest BCUT2D eigenvalue weighted by Gasteiger charge is 2.09. The van der Waals surface area contributed by atoms with E-state index in [0.29, 0.717) is 22.0 Å². The third-order valence-electron chi connectivity index (χ3n) is 4.13. The fraction of sp³-hybridized carbons (Fsp3) is 0.0909. The lowest BCUT2D eigenvalue weighted by atomic mass is 10.2. The molecule has 4 nitrogen and oxygen atoms in total. The molecule has 0 aliphatic heterocycles. The van der Waals surface area contributed by atoms with Crippen LogP contribution in [-0.4, -0.2) is 17.6 Å². The van der Waals surface area contributed by atoms with E-state index in [4.69, 9.17) is 11.6 Å². The predicted octanol–water partition coefficient (Wildman–Crippen LogP) is 5.77. The van der Waals surface area contributed by atoms with Crippen molar-refractivity contribution in [3.8, 4) is 0 Å². The summed E-state index contributed by atoms with van der Waals surface area (Å²) >= 11 is 7.45. The van der Waals surface area contributed by atoms with Crippen LogP contribution >= 0.6 is 23.4 Å². The molecule has 0 radical (unpaired) electrons. The summed E-state index contributed by atoms with van der Waals surface area (Å²) in [7, 11) is 0. The summed E-state index contributed by atoms with van der Waals surface area (Å²) in [4.78, 5) is 25.2. The summed E-state index contributed by atoms with van der Waals surface area (Å²) < 4.78 is 12.9. The van der Waals surface area contributed by atoms with Gasteiger partial charge < -0.3 is 10.6 Å². The number of thioether (sulfide) groups is 1. The zero-order chi connectivity index (χ0) is 20.8. The Kier molecular flexibility index (Phi) is 6.90. The van der Waals surface area contributed by atoms with Gasteiger partial charge >= 0.3 is 0 Å². The Morgan fingerprint density at radius 2 is 1.66 bits per heavy atom. The first-order valence-corrected chi connectivity index (χ1v) is 10.1. The van der Waals surface area contributed by atoms with Crippen molar-refractivity contribution < 1.29 is 14.0 Å². The molecule has 0 spiro atoms. The quantitative estimate of drug-likeness (QED) is 0.490. The van der Waals surface area contributed by atoms with Crippen LogP contribution in [0.3, 0.4) is 0 Å². The third kappa shape index (κ3) is 5.82. The van der Waals surface area contributed by atoms with Crippen LogP contribution in [0, 0.1) is 12.7 Å². The molecular formula is C22H18ClFN2O2S. The van der Waals surface area contributed by atoms with E-state index < -0.39 is 5.82 Å². The number of benzene rings is 3. The van der Waals surface area contributed by atoms with Gasteiger partial charge in [-0.2, -0.15) is 0 Å². The fourth-order valence-electron chi connectivity index (χ4n) is 2.52. The second-order valence-electron chi connectivity index (χ2n) is 6.23. The van der Waals surface area contributed by atoms with Crippen LogP contribution in [0.2, 0.25) is 5.02 Å². The lowest BCUT2D eigenvalue weighted by molar-refractivity contribution is -0.113. The Hall–Kier alpha value is -2.83. The van der Waals surface area contributed by atoms with Crippen LogP contribution in [0.1, 0.15) is 15.9 Å². The van der Waals surface area contributed by atoms with Gasteiger partial charge in [0.2, 0.25) is 5.91 Å². The molecule has 0 aliphatic rings. The second-order valence-corrected chi connectivity index (χ2v) is 7.69. The molecule has 0 unspecified atom stereocenters. The monoisotopic (exact) mass is 428 g/mol. The summed E-state index contributed by atoms with van der Waals surface area (Å²) in [6.07, 6.45) is 0. The minimum absolute atomic E-state index is 0.131. The smallest absolute Gasteiger partial charge is 0.255 e. The van der Waals surface area contributed by atoms with Gasteiger partial charge in [-0.25, -0.2) is 4.39 Å². The molecule has 0 saturated carbocycles. The van der Waals surface area contributed by atoms with Gasteiger partial charge in [-0.05, 0) is 73.2 Å². The number of nitrogens with one attached hydrogen (secondary N) is 2. The van der Waals surface area contributed by atoms with Gasteiger partial charge in [-0.1, -0.05) is 17.7 Å². The number of carbonyl (C=O) groups excluding carboxylic acids is 2. The Morgan fingerprint density at radius 1 is 0.966 bits per heavy atom. The number of rotatable bonds is 6. The molecule has 3 aromatic carbocycles. The van der Waals surface area contributed by atoms with Crippen molar-refractivity contribution in [2.24, 2.45) is 0 Å². The molecule has 3 aromatic rings. The molecule has 2 amide bonds. The molecule has 0 aliphatic carbocycles. The molecule has 0 fully saturated rings. The number of amides is 2. The molecule has 2 N–H and O–H groups in total. The van der Waals surface area contributed by atoms with E-state index >= 15 is 0 Å². The molecule has 0 aromatic heterocycles. The number of hydrogen-bond donors (Lipinski definition) is 2. The van der Waals surface area contributed by atoms with Gasteiger partial charge in [0.15, 0.2) is 0 Å². The maximum atomic E-state index is 12.9. The van der Waals surface area contributed by atoms with Crippen molar-refractivity contribution >= 4 is 46.6 Å². The van der Waals surface area contributed by atoms with E-state index in [0.717, 1.165) is 10.5 Å². The highest BCUT2D eigenvalue weighted by molar-refractivity contribution is 8.00. The second kappa shape index (κ2) is 9.58. The van der Waals surface area contributed by atoms with E-state index in [1.807, 2.05) is 25.1 Å². The summed E-state index contributed by atoms with van der Waals surface area (Å²) in [5, 5.41) is 6.21. The SMILES string of the molecule is Cc1c(Cl)cccc1NC(=O)CSc1ccc(NC(=O)c2ccc(F)cc2)cc1. The van der Waals surface area contributed by atoms with Gasteiger partial charge in [-0.15, -0.1) is 11.8 Å². The van der Waals surface area contributed by atoms with E-state index in [2.05, 4.69) is 10.6 Å². The first-order chi connectivity index (χ1) is 13.9. The van der Waals surface area contributed by atoms with Crippen LogP contribution < -0.4 is 10.6 Å². The molecule has 0 saturated heterocycles. The lowest BCUT2D eigenvalue weighted by Crippen LogP contribution is -2.14. The normalized spacial score (nSPS) is 10.4. The van der Waals surface area contributed by atoms with Crippen molar-refractivity contribution in [1.29, 1.82) is 0 Å². The molecule has 0 bridgehead atoms. The zero-order valence-corrected chi connectivity index (χ0v) is 17.1. The van der Waals surface area contributed by atoms with Gasteiger partial charge in [0.1, 0.15) is 5.82 Å². The molecule has 0 heterocycles. The van der Waals surface area contributed by atoms with Gasteiger partial charge in [-0.3, -0.25) is 9.59 Å². The lowest BCUT2D eigenvalue weighted by Gasteiger charge is -2.10. The first kappa shape index (κ1) is 20.9. The van der Waals surface area contributed by atoms with E-state index in [1.54, 1.807) is 24.3 Å². The summed E-state index contributed by atoms with van der Waals surface area (Å²) in [6.45, 7) is 1.85. The minimum Gasteiger partial charge on any atom is -0.325 e. The van der Waals surface area contributed by atoms with Crippen LogP contribution in [0.25, 0.3) is 0 Å². The topological polar surface area (TPSA) is 58.2 Å². The Balaban J connectivity index is 1.52. The highest BCUT2D eigenvalue weighted by atomic mass is 35.5. The standard InChI is InChI=1S/C22H18ClFN2O2S/c1-14-19(23)3-2-4-20(14)26-21(27)13-29-18-11-9-17(10-12-18)25-22(28)15-5-7-16(24)8-6-15/h2-12H,13H2,1H3,(H,25,28)(H,26,27). The van der Waals surface area contributed by atoms with E-state index in [1.165, 1.54) is 36.0 Å². The minimum atomic E-state index is -0.391. The average Bonchev–Trinajstić information content (AvgIpc) is 2.71. The number of halogens is 2. The zero-order valence-electron chi connectivity index (χ0n) is 15.5. The summed E-state index contributed by atoms with van der Waals surface area (Å²) in [5.74, 6) is -0.596. The van der Waals surface area contributed by atoms with Crippen molar-refractivity contribution in [1.82, 2.24) is 0 Å². The van der Waals surface area contributed by atoms with Crippen LogP contribution in [0.15, 0.2) is 71.6 Å². The maximum Gasteiger partial charge on any atom is 0.255 e. The fourth-order valence-corrected chi connectivity index (χ4v) is 3.39. The molecule has 29 heavy (non-hydrogen) atoms. The van der Waals surface area contributed by atoms with Crippen molar-refractivity contribution in [2.75, 3.05) is 16.4 Å². The first-order valence-electron chi connectivity index (χ1n) is 8.77. The van der Waals surface area contributed by atoms with Crippen molar-refractivity contribution in [2.45, 2.75) is 11.8 Å². The third-order valence-corrected chi connectivity index (χ3v) is 5.55. The number of hydrogen-bond acceptors (Lipinski definition) is 3.